The lowest BCUT2D eigenvalue weighted by Crippen LogP contribution is -2.18. The van der Waals surface area contributed by atoms with E-state index in [2.05, 4.69) is 20.3 Å². The summed E-state index contributed by atoms with van der Waals surface area (Å²) in [5.41, 5.74) is 11.4. The third-order valence-corrected chi connectivity index (χ3v) is 10.9. The predicted octanol–water partition coefficient (Wildman–Crippen LogP) is 6.87. The summed E-state index contributed by atoms with van der Waals surface area (Å²) < 4.78 is 0. The number of carbonyl (C=O) groups is 4. The molecule has 1 saturated heterocycles. The van der Waals surface area contributed by atoms with Crippen LogP contribution in [0.15, 0.2) is 145 Å². The van der Waals surface area contributed by atoms with Crippen LogP contribution in [0.1, 0.15) is 99.3 Å². The highest BCUT2D eigenvalue weighted by molar-refractivity contribution is 5.93. The molecule has 0 spiro atoms. The number of rotatable bonds is 8. The number of carboxylic acid groups (broad SMARTS) is 4. The zero-order valence-corrected chi connectivity index (χ0v) is 31.5. The number of allylic oxidation sites excluding steroid dienone is 2. The van der Waals surface area contributed by atoms with Gasteiger partial charge in [0.2, 0.25) is 0 Å². The fraction of sp³-hybridized carbons (Fsp3) is 0.0417. The number of fused-ring (bicyclic) bond motifs is 8. The van der Waals surface area contributed by atoms with Gasteiger partial charge in [0.25, 0.3) is 0 Å². The number of aromatic nitrogens is 3. The molecule has 0 atom stereocenters. The molecule has 60 heavy (non-hydrogen) atoms. The third-order valence-electron chi connectivity index (χ3n) is 10.9. The fourth-order valence-corrected chi connectivity index (χ4v) is 8.01. The molecule has 9 rings (SSSR count). The molecule has 2 aliphatic heterocycles. The Morgan fingerprint density at radius 3 is 0.883 bits per heavy atom. The minimum absolute atomic E-state index is 0.139. The third kappa shape index (κ3) is 6.77. The number of carboxylic acids is 4. The molecule has 1 fully saturated rings. The summed E-state index contributed by atoms with van der Waals surface area (Å²) in [7, 11) is 0. The van der Waals surface area contributed by atoms with Gasteiger partial charge in [0.15, 0.2) is 0 Å². The summed E-state index contributed by atoms with van der Waals surface area (Å²) in [4.78, 5) is 58.3. The van der Waals surface area contributed by atoms with Crippen molar-refractivity contribution in [3.8, 4) is 0 Å². The molecule has 2 aliphatic rings. The number of hydrogen-bond donors (Lipinski definition) is 8. The summed E-state index contributed by atoms with van der Waals surface area (Å²) in [5, 5.41) is 43.9. The van der Waals surface area contributed by atoms with Crippen LogP contribution in [0.25, 0.3) is 22.3 Å². The molecule has 294 valence electrons. The van der Waals surface area contributed by atoms with Crippen molar-refractivity contribution in [3.63, 3.8) is 0 Å². The van der Waals surface area contributed by atoms with Gasteiger partial charge in [-0.2, -0.15) is 0 Å². The second-order valence-corrected chi connectivity index (χ2v) is 14.5. The predicted molar refractivity (Wildman–Crippen MR) is 223 cm³/mol. The van der Waals surface area contributed by atoms with Crippen molar-refractivity contribution in [2.75, 3.05) is 0 Å². The summed E-state index contributed by atoms with van der Waals surface area (Å²) in [5.74, 6) is -4.17. The zero-order valence-electron chi connectivity index (χ0n) is 31.5. The number of benzene rings is 4. The minimum Gasteiger partial charge on any atom is -0.478 e. The molecule has 8 N–H and O–H groups in total. The lowest BCUT2D eigenvalue weighted by atomic mass is 9.98. The van der Waals surface area contributed by atoms with E-state index in [0.29, 0.717) is 23.5 Å². The zero-order chi connectivity index (χ0) is 41.7. The van der Waals surface area contributed by atoms with Gasteiger partial charge in [0, 0.05) is 67.2 Å². The van der Waals surface area contributed by atoms with Gasteiger partial charge >= 0.3 is 23.9 Å². The molecule has 0 unspecified atom stereocenters. The Morgan fingerprint density at radius 1 is 0.333 bits per heavy atom. The van der Waals surface area contributed by atoms with E-state index in [-0.39, 0.29) is 22.3 Å². The van der Waals surface area contributed by atoms with Crippen LogP contribution in [-0.4, -0.2) is 59.3 Å². The van der Waals surface area contributed by atoms with Crippen LogP contribution in [0, 0.1) is 0 Å². The lowest BCUT2D eigenvalue weighted by molar-refractivity contribution is 0.0686. The molecular formula is C48H34N4O8. The fourth-order valence-electron chi connectivity index (χ4n) is 8.01. The average molecular weight is 795 g/mol. The van der Waals surface area contributed by atoms with E-state index in [4.69, 9.17) is 0 Å². The Bertz CT molecular complexity index is 2880. The molecule has 0 aliphatic carbocycles. The Kier molecular flexibility index (Phi) is 9.21. The van der Waals surface area contributed by atoms with Gasteiger partial charge in [-0.3, -0.25) is 0 Å². The summed E-state index contributed by atoms with van der Waals surface area (Å²) >= 11 is 0. The normalized spacial score (nSPS) is 13.7. The van der Waals surface area contributed by atoms with Gasteiger partial charge in [-0.1, -0.05) is 48.5 Å². The van der Waals surface area contributed by atoms with Gasteiger partial charge < -0.3 is 40.7 Å². The van der Waals surface area contributed by atoms with Crippen LogP contribution in [0.5, 0.6) is 0 Å². The van der Waals surface area contributed by atoms with Gasteiger partial charge in [-0.15, -0.1) is 0 Å². The van der Waals surface area contributed by atoms with Crippen LogP contribution >= 0.6 is 0 Å². The van der Waals surface area contributed by atoms with Crippen molar-refractivity contribution in [1.29, 1.82) is 0 Å². The maximum absolute atomic E-state index is 11.8. The monoisotopic (exact) mass is 794 g/mol. The molecule has 12 nitrogen and oxygen atoms in total. The highest BCUT2D eigenvalue weighted by Gasteiger charge is 2.26. The highest BCUT2D eigenvalue weighted by Crippen LogP contribution is 2.38. The first-order chi connectivity index (χ1) is 29.0. The maximum Gasteiger partial charge on any atom is 0.335 e. The second kappa shape index (κ2) is 14.8. The van der Waals surface area contributed by atoms with Gasteiger partial charge in [-0.25, -0.2) is 19.2 Å². The van der Waals surface area contributed by atoms with Crippen LogP contribution in [0.4, 0.5) is 0 Å². The van der Waals surface area contributed by atoms with E-state index in [9.17, 15) is 39.6 Å². The van der Waals surface area contributed by atoms with Crippen molar-refractivity contribution in [3.05, 3.63) is 223 Å². The van der Waals surface area contributed by atoms with E-state index in [1.807, 2.05) is 36.4 Å². The Hall–Kier alpha value is -8.38. The second-order valence-electron chi connectivity index (χ2n) is 14.5. The molecule has 5 heterocycles. The molecular weight excluding hydrogens is 761 g/mol. The maximum atomic E-state index is 11.8. The smallest absolute Gasteiger partial charge is 0.335 e. The van der Waals surface area contributed by atoms with E-state index < -0.39 is 23.9 Å². The summed E-state index contributed by atoms with van der Waals surface area (Å²) in [6.45, 7) is 0. The van der Waals surface area contributed by atoms with E-state index in [1.165, 1.54) is 0 Å². The highest BCUT2D eigenvalue weighted by atomic mass is 16.4. The minimum atomic E-state index is -1.05. The molecule has 12 heteroatoms. The van der Waals surface area contributed by atoms with Crippen molar-refractivity contribution in [2.24, 2.45) is 0 Å². The summed E-state index contributed by atoms with van der Waals surface area (Å²) in [6, 6.07) is 38.4. The number of hydrogen-bond acceptors (Lipinski definition) is 5. The van der Waals surface area contributed by atoms with Gasteiger partial charge in [0.05, 0.1) is 22.3 Å². The van der Waals surface area contributed by atoms with Crippen molar-refractivity contribution >= 4 is 46.2 Å². The molecule has 3 aromatic heterocycles. The standard InChI is InChI=1S/C48H34N4O8/c53-45(54)29-9-1-25(2-10-29)41-33-17-19-35(49-33)42(26-3-11-30(12-4-26)46(55)56)37-21-23-39(51-37)44(28-7-15-32(16-8-28)48(59)60)40-24-22-38(52-40)43(36-20-18-34(41)50-36)27-5-13-31(14-6-27)47(57)58/h1-21,23,49-52H,22,24H2,(H,53,54)(H,55,56)(H,57,58)(H,59,60). The molecule has 0 amide bonds. The Morgan fingerprint density at radius 2 is 0.600 bits per heavy atom. The molecule has 4 aromatic carbocycles. The summed E-state index contributed by atoms with van der Waals surface area (Å²) in [6.07, 6.45) is 1.17. The molecule has 0 saturated carbocycles. The van der Waals surface area contributed by atoms with Crippen LogP contribution in [-0.2, 0) is 0 Å². The first kappa shape index (κ1) is 37.2. The molecule has 7 aromatic rings. The van der Waals surface area contributed by atoms with Crippen molar-refractivity contribution in [2.45, 2.75) is 12.8 Å². The van der Waals surface area contributed by atoms with Crippen molar-refractivity contribution < 1.29 is 39.6 Å². The van der Waals surface area contributed by atoms with Crippen LogP contribution in [0.2, 0.25) is 0 Å². The Labute approximate surface area is 340 Å². The number of aromatic carboxylic acids is 4. The van der Waals surface area contributed by atoms with Gasteiger partial charge in [-0.05, 0) is 120 Å². The van der Waals surface area contributed by atoms with Crippen LogP contribution in [0.3, 0.4) is 0 Å². The number of aromatic amines is 3. The van der Waals surface area contributed by atoms with Gasteiger partial charge in [0.1, 0.15) is 0 Å². The largest absolute Gasteiger partial charge is 0.478 e. The number of nitrogens with one attached hydrogen (secondary N) is 4. The first-order valence-electron chi connectivity index (χ1n) is 18.9. The number of H-pyrrole nitrogens is 3. The first-order valence-corrected chi connectivity index (χ1v) is 18.9. The SMILES string of the molecule is O=C(O)c1ccc(C2=C3CCC(=C(c4ccc(C(=O)O)cc4)c4ccc([nH]4)C(c4ccc(C(=O)O)cc4)=c4ccc([nH]4)=C(c4ccc(C(=O)O)cc4)c4ccc2[nH]4)N3)cc1. The average Bonchev–Trinajstić information content (AvgIpc) is 4.10. The van der Waals surface area contributed by atoms with E-state index in [0.717, 1.165) is 78.7 Å². The topological polar surface area (TPSA) is 209 Å². The quantitative estimate of drug-likeness (QED) is 0.0806. The van der Waals surface area contributed by atoms with E-state index in [1.54, 1.807) is 97.1 Å². The van der Waals surface area contributed by atoms with Crippen LogP contribution < -0.4 is 16.0 Å². The molecule has 8 bridgehead atoms. The van der Waals surface area contributed by atoms with Crippen molar-refractivity contribution in [1.82, 2.24) is 20.3 Å². The van der Waals surface area contributed by atoms with E-state index >= 15 is 0 Å². The molecule has 0 radical (unpaired) electrons. The Balaban J connectivity index is 1.36. The lowest BCUT2D eigenvalue weighted by Gasteiger charge is -2.15.